The van der Waals surface area contributed by atoms with Gasteiger partial charge in [-0.2, -0.15) is 10.8 Å². The fraction of sp³-hybridized carbons (Fsp3) is 0.333. The molecule has 0 aromatic rings. The molecule has 1 aliphatic heterocycles. The average Bonchev–Trinajstić information content (AvgIpc) is 2.38. The number of unbranched alkanes of at least 4 members (excludes halogenated alkanes) is 1. The van der Waals surface area contributed by atoms with Crippen LogP contribution in [0.3, 0.4) is 0 Å². The number of allylic oxidation sites excluding steroid dienone is 1. The molecular weight excluding hydrogens is 246 g/mol. The third kappa shape index (κ3) is 4.13. The van der Waals surface area contributed by atoms with E-state index >= 15 is 0 Å². The highest BCUT2D eigenvalue weighted by Gasteiger charge is 2.20. The maximum absolute atomic E-state index is 11.1. The van der Waals surface area contributed by atoms with E-state index in [-0.39, 0.29) is 17.0 Å². The van der Waals surface area contributed by atoms with E-state index in [2.05, 4.69) is 35.2 Å². The minimum Gasteiger partial charge on any atom is -0.478 e. The maximum atomic E-state index is 11.1. The quantitative estimate of drug-likeness (QED) is 0.331. The number of carboxylic acids is 1. The number of rotatable bonds is 7. The Bertz CT molecular complexity index is 473. The molecule has 1 heterocycles. The molecule has 0 spiro atoms. The van der Waals surface area contributed by atoms with Gasteiger partial charge in [0.2, 0.25) is 0 Å². The Kier molecular flexibility index (Phi) is 5.60. The summed E-state index contributed by atoms with van der Waals surface area (Å²) in [5.74, 6) is -0.897. The Labute approximate surface area is 111 Å². The molecule has 7 heteroatoms. The molecule has 0 fully saturated rings. The molecule has 102 valence electrons. The summed E-state index contributed by atoms with van der Waals surface area (Å²) < 4.78 is 0. The van der Waals surface area contributed by atoms with Gasteiger partial charge in [0.25, 0.3) is 0 Å². The van der Waals surface area contributed by atoms with Gasteiger partial charge in [-0.1, -0.05) is 19.9 Å². The van der Waals surface area contributed by atoms with E-state index in [0.717, 1.165) is 19.4 Å². The second-order valence-corrected chi connectivity index (χ2v) is 3.90. The molecule has 0 aromatic carbocycles. The Morgan fingerprint density at radius 3 is 2.95 bits per heavy atom. The lowest BCUT2D eigenvalue weighted by molar-refractivity contribution is -0.132. The minimum atomic E-state index is -1.13. The van der Waals surface area contributed by atoms with Gasteiger partial charge < -0.3 is 10.4 Å². The van der Waals surface area contributed by atoms with Crippen LogP contribution in [0.1, 0.15) is 19.8 Å². The van der Waals surface area contributed by atoms with Crippen molar-refractivity contribution in [1.29, 1.82) is 5.26 Å². The van der Waals surface area contributed by atoms with Crippen molar-refractivity contribution < 1.29 is 9.90 Å². The van der Waals surface area contributed by atoms with Crippen LogP contribution in [0.4, 0.5) is 0 Å². The molecule has 0 bridgehead atoms. The SMILES string of the molecule is C=C1NC(NNNCCCC)=C(C(=O)O)C=C1C#N. The van der Waals surface area contributed by atoms with Crippen molar-refractivity contribution >= 4 is 5.97 Å². The largest absolute Gasteiger partial charge is 0.478 e. The molecule has 5 N–H and O–H groups in total. The average molecular weight is 263 g/mol. The Hall–Kier alpha value is -2.30. The second-order valence-electron chi connectivity index (χ2n) is 3.90. The summed E-state index contributed by atoms with van der Waals surface area (Å²) in [6.07, 6.45) is 3.33. The third-order valence-electron chi connectivity index (χ3n) is 2.44. The van der Waals surface area contributed by atoms with E-state index < -0.39 is 5.97 Å². The molecule has 0 radical (unpaired) electrons. The number of nitrogens with zero attached hydrogens (tertiary/aromatic N) is 1. The molecular formula is C12H17N5O2. The number of hydrogen-bond acceptors (Lipinski definition) is 6. The number of carbonyl (C=O) groups is 1. The van der Waals surface area contributed by atoms with Crippen LogP contribution >= 0.6 is 0 Å². The summed E-state index contributed by atoms with van der Waals surface area (Å²) in [6.45, 7) is 6.47. The fourth-order valence-corrected chi connectivity index (χ4v) is 1.39. The van der Waals surface area contributed by atoms with Gasteiger partial charge in [0.1, 0.15) is 17.5 Å². The van der Waals surface area contributed by atoms with Crippen molar-refractivity contribution in [3.63, 3.8) is 0 Å². The standard InChI is InChI=1S/C12H17N5O2/c1-3-4-5-14-17-16-11-10(12(18)19)6-9(7-13)8(2)15-11/h6,14-17H,2-5H2,1H3,(H,18,19). The van der Waals surface area contributed by atoms with Gasteiger partial charge in [-0.25, -0.2) is 10.2 Å². The third-order valence-corrected chi connectivity index (χ3v) is 2.44. The molecule has 0 aliphatic carbocycles. The monoisotopic (exact) mass is 263 g/mol. The highest BCUT2D eigenvalue weighted by atomic mass is 16.4. The predicted molar refractivity (Wildman–Crippen MR) is 69.8 cm³/mol. The Morgan fingerprint density at radius 1 is 1.63 bits per heavy atom. The molecule has 19 heavy (non-hydrogen) atoms. The van der Waals surface area contributed by atoms with Crippen molar-refractivity contribution in [2.75, 3.05) is 6.54 Å². The molecule has 0 aromatic heterocycles. The number of hydrazine groups is 2. The van der Waals surface area contributed by atoms with Gasteiger partial charge in [-0.05, 0) is 12.5 Å². The molecule has 7 nitrogen and oxygen atoms in total. The first-order valence-corrected chi connectivity index (χ1v) is 5.89. The number of hydrogen-bond donors (Lipinski definition) is 5. The lowest BCUT2D eigenvalue weighted by Crippen LogP contribution is -2.47. The zero-order valence-corrected chi connectivity index (χ0v) is 10.7. The normalized spacial score (nSPS) is 14.5. The van der Waals surface area contributed by atoms with Crippen molar-refractivity contribution in [2.24, 2.45) is 0 Å². The van der Waals surface area contributed by atoms with Crippen LogP contribution in [-0.2, 0) is 4.79 Å². The zero-order valence-electron chi connectivity index (χ0n) is 10.7. The number of nitrogens with one attached hydrogen (secondary N) is 4. The van der Waals surface area contributed by atoms with Gasteiger partial charge in [0, 0.05) is 6.54 Å². The summed E-state index contributed by atoms with van der Waals surface area (Å²) in [5, 5.41) is 20.7. The lowest BCUT2D eigenvalue weighted by Gasteiger charge is -2.21. The Balaban J connectivity index is 2.71. The summed E-state index contributed by atoms with van der Waals surface area (Å²) in [6, 6.07) is 1.88. The van der Waals surface area contributed by atoms with Gasteiger partial charge >= 0.3 is 5.97 Å². The molecule has 1 rings (SSSR count). The summed E-state index contributed by atoms with van der Waals surface area (Å²) in [4.78, 5) is 11.1. The van der Waals surface area contributed by atoms with E-state index in [9.17, 15) is 4.79 Å². The van der Waals surface area contributed by atoms with Crippen LogP contribution < -0.4 is 21.7 Å². The molecule has 0 unspecified atom stereocenters. The lowest BCUT2D eigenvalue weighted by atomic mass is 10.1. The molecule has 0 saturated carbocycles. The van der Waals surface area contributed by atoms with Crippen LogP contribution in [0, 0.1) is 11.3 Å². The first kappa shape index (κ1) is 14.8. The van der Waals surface area contributed by atoms with E-state index in [1.165, 1.54) is 6.08 Å². The van der Waals surface area contributed by atoms with Crippen LogP contribution in [0.5, 0.6) is 0 Å². The first-order valence-electron chi connectivity index (χ1n) is 5.89. The highest BCUT2D eigenvalue weighted by molar-refractivity contribution is 5.92. The van der Waals surface area contributed by atoms with Crippen LogP contribution in [0.15, 0.2) is 35.3 Å². The molecule has 0 saturated heterocycles. The molecule has 0 amide bonds. The van der Waals surface area contributed by atoms with Crippen molar-refractivity contribution in [1.82, 2.24) is 21.7 Å². The van der Waals surface area contributed by atoms with Gasteiger partial charge in [-0.15, -0.1) is 0 Å². The summed E-state index contributed by atoms with van der Waals surface area (Å²) in [5.41, 5.74) is 8.79. The molecule has 0 atom stereocenters. The van der Waals surface area contributed by atoms with Crippen molar-refractivity contribution in [3.8, 4) is 6.07 Å². The number of nitriles is 1. The van der Waals surface area contributed by atoms with Gasteiger partial charge in [-0.3, -0.25) is 5.43 Å². The van der Waals surface area contributed by atoms with E-state index in [1.807, 2.05) is 6.07 Å². The van der Waals surface area contributed by atoms with Crippen LogP contribution in [0.2, 0.25) is 0 Å². The zero-order chi connectivity index (χ0) is 14.3. The van der Waals surface area contributed by atoms with Crippen LogP contribution in [-0.4, -0.2) is 17.6 Å². The van der Waals surface area contributed by atoms with Gasteiger partial charge in [0.15, 0.2) is 0 Å². The second kappa shape index (κ2) is 7.20. The van der Waals surface area contributed by atoms with E-state index in [4.69, 9.17) is 10.4 Å². The maximum Gasteiger partial charge on any atom is 0.339 e. The highest BCUT2D eigenvalue weighted by Crippen LogP contribution is 2.17. The van der Waals surface area contributed by atoms with Gasteiger partial charge in [0.05, 0.1) is 11.3 Å². The topological polar surface area (TPSA) is 109 Å². The fourth-order valence-electron chi connectivity index (χ4n) is 1.39. The van der Waals surface area contributed by atoms with Crippen LogP contribution in [0.25, 0.3) is 0 Å². The van der Waals surface area contributed by atoms with E-state index in [1.54, 1.807) is 0 Å². The smallest absolute Gasteiger partial charge is 0.339 e. The predicted octanol–water partition coefficient (Wildman–Crippen LogP) is 0.248. The molecule has 1 aliphatic rings. The van der Waals surface area contributed by atoms with Crippen molar-refractivity contribution in [3.05, 3.63) is 35.3 Å². The Morgan fingerprint density at radius 2 is 2.37 bits per heavy atom. The first-order chi connectivity index (χ1) is 9.10. The van der Waals surface area contributed by atoms with Crippen molar-refractivity contribution in [2.45, 2.75) is 19.8 Å². The number of carboxylic acid groups (broad SMARTS) is 1. The summed E-state index contributed by atoms with van der Waals surface area (Å²) in [7, 11) is 0. The minimum absolute atomic E-state index is 0.0336. The van der Waals surface area contributed by atoms with E-state index in [0.29, 0.717) is 5.70 Å². The number of dihydropyridines is 1. The number of aliphatic carboxylic acids is 1. The summed E-state index contributed by atoms with van der Waals surface area (Å²) >= 11 is 0.